The Bertz CT molecular complexity index is 64.9. The maximum Gasteiger partial charge on any atom is 0.154 e. The molecule has 0 spiro atoms. The lowest BCUT2D eigenvalue weighted by Gasteiger charge is -2.23. The van der Waals surface area contributed by atoms with E-state index in [9.17, 15) is 0 Å². The molecular formula is C6H12O2. The fourth-order valence-corrected chi connectivity index (χ4v) is 0.984. The molecule has 0 bridgehead atoms. The number of aliphatic hydroxyl groups is 1. The third-order valence-corrected chi connectivity index (χ3v) is 1.45. The van der Waals surface area contributed by atoms with E-state index >= 15 is 0 Å². The molecule has 0 saturated carbocycles. The highest BCUT2D eigenvalue weighted by molar-refractivity contribution is 4.59. The van der Waals surface area contributed by atoms with E-state index in [1.807, 2.05) is 6.92 Å². The van der Waals surface area contributed by atoms with Crippen LogP contribution in [0.1, 0.15) is 26.2 Å². The number of hydrogen-bond donors (Lipinski definition) is 1. The summed E-state index contributed by atoms with van der Waals surface area (Å²) >= 11 is 0. The third kappa shape index (κ3) is 1.46. The molecule has 2 heteroatoms. The molecule has 2 nitrogen and oxygen atoms in total. The van der Waals surface area contributed by atoms with Crippen molar-refractivity contribution >= 4 is 0 Å². The molecule has 1 fully saturated rings. The van der Waals surface area contributed by atoms with E-state index < -0.39 is 6.29 Å². The SMILES string of the molecule is CC1CCC[C@H](O)O1. The van der Waals surface area contributed by atoms with Crippen LogP contribution in [0.15, 0.2) is 0 Å². The highest BCUT2D eigenvalue weighted by atomic mass is 16.6. The van der Waals surface area contributed by atoms with E-state index in [2.05, 4.69) is 0 Å². The zero-order valence-corrected chi connectivity index (χ0v) is 5.13. The van der Waals surface area contributed by atoms with Gasteiger partial charge >= 0.3 is 0 Å². The monoisotopic (exact) mass is 116 g/mol. The van der Waals surface area contributed by atoms with Crippen LogP contribution in [0.2, 0.25) is 0 Å². The van der Waals surface area contributed by atoms with E-state index in [0.717, 1.165) is 19.3 Å². The second-order valence-corrected chi connectivity index (χ2v) is 2.33. The second-order valence-electron chi connectivity index (χ2n) is 2.33. The van der Waals surface area contributed by atoms with Crippen LogP contribution >= 0.6 is 0 Å². The van der Waals surface area contributed by atoms with Crippen LogP contribution in [0.4, 0.5) is 0 Å². The summed E-state index contributed by atoms with van der Waals surface area (Å²) in [5.74, 6) is 0. The van der Waals surface area contributed by atoms with Gasteiger partial charge in [0.25, 0.3) is 0 Å². The van der Waals surface area contributed by atoms with Crippen LogP contribution in [-0.2, 0) is 4.74 Å². The topological polar surface area (TPSA) is 29.5 Å². The quantitative estimate of drug-likeness (QED) is 0.509. The van der Waals surface area contributed by atoms with Crippen LogP contribution < -0.4 is 0 Å². The molecule has 1 N–H and O–H groups in total. The van der Waals surface area contributed by atoms with E-state index in [-0.39, 0.29) is 6.10 Å². The van der Waals surface area contributed by atoms with Gasteiger partial charge in [-0.3, -0.25) is 0 Å². The van der Waals surface area contributed by atoms with Crippen molar-refractivity contribution in [2.24, 2.45) is 0 Å². The van der Waals surface area contributed by atoms with Gasteiger partial charge in [-0.2, -0.15) is 0 Å². The normalized spacial score (nSPS) is 39.8. The Morgan fingerprint density at radius 1 is 1.50 bits per heavy atom. The predicted molar refractivity (Wildman–Crippen MR) is 30.4 cm³/mol. The molecule has 0 radical (unpaired) electrons. The van der Waals surface area contributed by atoms with Gasteiger partial charge in [0.05, 0.1) is 6.10 Å². The Morgan fingerprint density at radius 3 is 2.62 bits per heavy atom. The van der Waals surface area contributed by atoms with Gasteiger partial charge in [-0.1, -0.05) is 0 Å². The predicted octanol–water partition coefficient (Wildman–Crippen LogP) is 0.894. The summed E-state index contributed by atoms with van der Waals surface area (Å²) in [7, 11) is 0. The summed E-state index contributed by atoms with van der Waals surface area (Å²) in [4.78, 5) is 0. The Hall–Kier alpha value is -0.0800. The molecule has 0 aromatic heterocycles. The van der Waals surface area contributed by atoms with Gasteiger partial charge in [0.2, 0.25) is 0 Å². The van der Waals surface area contributed by atoms with Gasteiger partial charge in [0.1, 0.15) is 0 Å². The summed E-state index contributed by atoms with van der Waals surface area (Å²) in [6, 6.07) is 0. The Labute approximate surface area is 49.5 Å². The third-order valence-electron chi connectivity index (χ3n) is 1.45. The Kier molecular flexibility index (Phi) is 1.86. The second kappa shape index (κ2) is 2.46. The molecule has 0 aliphatic carbocycles. The molecule has 2 atom stereocenters. The smallest absolute Gasteiger partial charge is 0.154 e. The van der Waals surface area contributed by atoms with Crippen molar-refractivity contribution in [3.63, 3.8) is 0 Å². The Balaban J connectivity index is 2.23. The van der Waals surface area contributed by atoms with Crippen molar-refractivity contribution in [2.75, 3.05) is 0 Å². The van der Waals surface area contributed by atoms with Crippen molar-refractivity contribution in [3.05, 3.63) is 0 Å². The fourth-order valence-electron chi connectivity index (χ4n) is 0.984. The van der Waals surface area contributed by atoms with Crippen molar-refractivity contribution in [2.45, 2.75) is 38.6 Å². The van der Waals surface area contributed by atoms with Gasteiger partial charge in [-0.15, -0.1) is 0 Å². The largest absolute Gasteiger partial charge is 0.368 e. The number of aliphatic hydroxyl groups excluding tert-OH is 1. The molecular weight excluding hydrogens is 104 g/mol. The number of ether oxygens (including phenoxy) is 1. The zero-order chi connectivity index (χ0) is 5.98. The summed E-state index contributed by atoms with van der Waals surface area (Å²) in [6.07, 6.45) is 2.78. The average Bonchev–Trinajstić information content (AvgIpc) is 1.64. The molecule has 1 saturated heterocycles. The summed E-state index contributed by atoms with van der Waals surface area (Å²) in [5, 5.41) is 8.86. The molecule has 0 amide bonds. The van der Waals surface area contributed by atoms with Gasteiger partial charge in [0.15, 0.2) is 6.29 Å². The standard InChI is InChI=1S/C6H12O2/c1-5-3-2-4-6(7)8-5/h5-7H,2-4H2,1H3/t5?,6-/m1/s1. The van der Waals surface area contributed by atoms with Gasteiger partial charge in [-0.25, -0.2) is 0 Å². The molecule has 48 valence electrons. The molecule has 1 rings (SSSR count). The molecule has 8 heavy (non-hydrogen) atoms. The van der Waals surface area contributed by atoms with E-state index in [1.165, 1.54) is 0 Å². The molecule has 0 aromatic rings. The maximum absolute atomic E-state index is 8.86. The summed E-state index contributed by atoms with van der Waals surface area (Å²) < 4.78 is 5.04. The van der Waals surface area contributed by atoms with Crippen molar-refractivity contribution in [3.8, 4) is 0 Å². The minimum absolute atomic E-state index is 0.263. The highest BCUT2D eigenvalue weighted by Crippen LogP contribution is 2.15. The number of hydrogen-bond acceptors (Lipinski definition) is 2. The van der Waals surface area contributed by atoms with Crippen LogP contribution in [0.5, 0.6) is 0 Å². The first-order valence-electron chi connectivity index (χ1n) is 3.12. The lowest BCUT2D eigenvalue weighted by Crippen LogP contribution is -2.24. The van der Waals surface area contributed by atoms with Crippen molar-refractivity contribution in [1.82, 2.24) is 0 Å². The van der Waals surface area contributed by atoms with Gasteiger partial charge in [-0.05, 0) is 26.2 Å². The molecule has 1 aliphatic rings. The Morgan fingerprint density at radius 2 is 2.25 bits per heavy atom. The zero-order valence-electron chi connectivity index (χ0n) is 5.13. The van der Waals surface area contributed by atoms with Crippen LogP contribution in [0.25, 0.3) is 0 Å². The van der Waals surface area contributed by atoms with Crippen LogP contribution in [0.3, 0.4) is 0 Å². The van der Waals surface area contributed by atoms with Crippen molar-refractivity contribution in [1.29, 1.82) is 0 Å². The first-order chi connectivity index (χ1) is 3.79. The van der Waals surface area contributed by atoms with E-state index in [4.69, 9.17) is 9.84 Å². The highest BCUT2D eigenvalue weighted by Gasteiger charge is 2.15. The van der Waals surface area contributed by atoms with E-state index in [1.54, 1.807) is 0 Å². The summed E-state index contributed by atoms with van der Waals surface area (Å²) in [5.41, 5.74) is 0. The minimum atomic E-state index is -0.487. The first-order valence-corrected chi connectivity index (χ1v) is 3.12. The van der Waals surface area contributed by atoms with Crippen molar-refractivity contribution < 1.29 is 9.84 Å². The molecule has 0 aromatic carbocycles. The molecule has 1 aliphatic heterocycles. The van der Waals surface area contributed by atoms with Gasteiger partial charge in [0, 0.05) is 0 Å². The molecule has 1 heterocycles. The van der Waals surface area contributed by atoms with Gasteiger partial charge < -0.3 is 9.84 Å². The lowest BCUT2D eigenvalue weighted by molar-refractivity contribution is -0.156. The fraction of sp³-hybridized carbons (Fsp3) is 1.00. The summed E-state index contributed by atoms with van der Waals surface area (Å²) in [6.45, 7) is 1.99. The van der Waals surface area contributed by atoms with Crippen LogP contribution in [-0.4, -0.2) is 17.5 Å². The lowest BCUT2D eigenvalue weighted by atomic mass is 10.1. The maximum atomic E-state index is 8.86. The molecule has 1 unspecified atom stereocenters. The van der Waals surface area contributed by atoms with E-state index in [0.29, 0.717) is 0 Å². The number of rotatable bonds is 0. The van der Waals surface area contributed by atoms with Crippen LogP contribution in [0, 0.1) is 0 Å². The first kappa shape index (κ1) is 6.05. The minimum Gasteiger partial charge on any atom is -0.368 e. The average molecular weight is 116 g/mol.